The van der Waals surface area contributed by atoms with E-state index in [1.165, 1.54) is 0 Å². The highest BCUT2D eigenvalue weighted by Gasteiger charge is 2.45. The van der Waals surface area contributed by atoms with E-state index in [1.807, 2.05) is 0 Å². The Hall–Kier alpha value is -3.12. The van der Waals surface area contributed by atoms with Crippen LogP contribution in [0.1, 0.15) is 23.6 Å². The highest BCUT2D eigenvalue weighted by Crippen LogP contribution is 2.39. The van der Waals surface area contributed by atoms with Crippen LogP contribution >= 0.6 is 11.6 Å². The van der Waals surface area contributed by atoms with E-state index in [0.717, 1.165) is 4.90 Å². The van der Waals surface area contributed by atoms with E-state index < -0.39 is 30.1 Å². The monoisotopic (exact) mass is 384 g/mol. The van der Waals surface area contributed by atoms with E-state index in [4.69, 9.17) is 11.6 Å². The van der Waals surface area contributed by atoms with Gasteiger partial charge in [-0.1, -0.05) is 54.1 Å². The lowest BCUT2D eigenvalue weighted by Crippen LogP contribution is -2.34. The zero-order valence-electron chi connectivity index (χ0n) is 14.1. The summed E-state index contributed by atoms with van der Waals surface area (Å²) in [5.74, 6) is -3.39. The predicted molar refractivity (Wildman–Crippen MR) is 96.5 cm³/mol. The number of aliphatic hydroxyl groups is 1. The van der Waals surface area contributed by atoms with Crippen LogP contribution in [0.2, 0.25) is 5.02 Å². The molecule has 0 aromatic heterocycles. The molecule has 0 radical (unpaired) electrons. The minimum atomic E-state index is -1.34. The standard InChI is InChI=1S/C20H16ClNO5/c21-14-8-6-12(7-9-14)17-16(18(25)13-4-2-1-3-5-13)19(26)20(27)22(17)11-10-15(23)24/h1-9,17,25H,10-11H2,(H,23,24)/p-1/t17-/m0/s1. The Morgan fingerprint density at radius 2 is 1.70 bits per heavy atom. The fraction of sp³-hybridized carbons (Fsp3) is 0.150. The molecule has 1 fully saturated rings. The molecular weight excluding hydrogens is 370 g/mol. The van der Waals surface area contributed by atoms with Gasteiger partial charge in [0.2, 0.25) is 0 Å². The van der Waals surface area contributed by atoms with Gasteiger partial charge in [0.25, 0.3) is 11.7 Å². The van der Waals surface area contributed by atoms with Crippen LogP contribution in [0.3, 0.4) is 0 Å². The van der Waals surface area contributed by atoms with Crippen molar-refractivity contribution in [3.8, 4) is 0 Å². The molecule has 0 spiro atoms. The predicted octanol–water partition coefficient (Wildman–Crippen LogP) is 1.90. The normalized spacial score (nSPS) is 18.7. The van der Waals surface area contributed by atoms with Crippen LogP contribution in [0, 0.1) is 0 Å². The summed E-state index contributed by atoms with van der Waals surface area (Å²) in [5.41, 5.74) is 0.829. The van der Waals surface area contributed by atoms with Crippen molar-refractivity contribution in [1.29, 1.82) is 0 Å². The summed E-state index contributed by atoms with van der Waals surface area (Å²) in [4.78, 5) is 37.1. The number of ketones is 1. The second-order valence-electron chi connectivity index (χ2n) is 6.03. The van der Waals surface area contributed by atoms with Crippen molar-refractivity contribution in [3.63, 3.8) is 0 Å². The Balaban J connectivity index is 2.14. The van der Waals surface area contributed by atoms with Gasteiger partial charge in [0.1, 0.15) is 5.76 Å². The first-order valence-corrected chi connectivity index (χ1v) is 8.57. The number of carbonyl (C=O) groups excluding carboxylic acids is 3. The third-order valence-corrected chi connectivity index (χ3v) is 4.58. The number of carboxylic acids is 1. The smallest absolute Gasteiger partial charge is 0.295 e. The first-order valence-electron chi connectivity index (χ1n) is 8.19. The fourth-order valence-electron chi connectivity index (χ4n) is 3.07. The molecular formula is C20H15ClNO5-. The van der Waals surface area contributed by atoms with E-state index in [-0.39, 0.29) is 17.9 Å². The number of hydrogen-bond acceptors (Lipinski definition) is 5. The van der Waals surface area contributed by atoms with Gasteiger partial charge in [-0.2, -0.15) is 0 Å². The molecule has 0 bridgehead atoms. The topological polar surface area (TPSA) is 97.7 Å². The number of aliphatic carboxylic acids is 1. The molecule has 7 heteroatoms. The van der Waals surface area contributed by atoms with Crippen LogP contribution < -0.4 is 5.11 Å². The first kappa shape index (κ1) is 18.7. The minimum Gasteiger partial charge on any atom is -0.550 e. The Morgan fingerprint density at radius 1 is 1.07 bits per heavy atom. The lowest BCUT2D eigenvalue weighted by Gasteiger charge is -2.25. The molecule has 2 aromatic rings. The van der Waals surface area contributed by atoms with Gasteiger partial charge >= 0.3 is 0 Å². The molecule has 1 amide bonds. The molecule has 1 N–H and O–H groups in total. The van der Waals surface area contributed by atoms with Gasteiger partial charge in [-0.05, 0) is 17.7 Å². The van der Waals surface area contributed by atoms with Crippen LogP contribution in [0.25, 0.3) is 5.76 Å². The molecule has 1 saturated heterocycles. The highest BCUT2D eigenvalue weighted by molar-refractivity contribution is 6.46. The molecule has 138 valence electrons. The molecule has 0 aliphatic carbocycles. The van der Waals surface area contributed by atoms with Gasteiger partial charge in [-0.25, -0.2) is 0 Å². The number of amides is 1. The Bertz CT molecular complexity index is 921. The second-order valence-corrected chi connectivity index (χ2v) is 6.47. The maximum atomic E-state index is 12.6. The first-order chi connectivity index (χ1) is 12.9. The SMILES string of the molecule is O=C([O-])CCN1C(=O)C(=O)C(=C(O)c2ccccc2)[C@@H]1c1ccc(Cl)cc1. The van der Waals surface area contributed by atoms with Crippen molar-refractivity contribution in [1.82, 2.24) is 4.90 Å². The van der Waals surface area contributed by atoms with E-state index in [2.05, 4.69) is 0 Å². The number of likely N-dealkylation sites (tertiary alicyclic amines) is 1. The number of hydrogen-bond donors (Lipinski definition) is 1. The average Bonchev–Trinajstić information content (AvgIpc) is 2.91. The summed E-state index contributed by atoms with van der Waals surface area (Å²) in [6, 6.07) is 13.9. The number of Topliss-reactive ketones (excluding diaryl/α,β-unsaturated/α-hetero) is 1. The van der Waals surface area contributed by atoms with Crippen LogP contribution in [-0.2, 0) is 14.4 Å². The van der Waals surface area contributed by atoms with Gasteiger partial charge in [0.15, 0.2) is 0 Å². The Kier molecular flexibility index (Phi) is 5.28. The molecule has 1 atom stereocenters. The number of aliphatic hydroxyl groups excluding tert-OH is 1. The maximum Gasteiger partial charge on any atom is 0.295 e. The number of rotatable bonds is 5. The van der Waals surface area contributed by atoms with Crippen LogP contribution in [0.4, 0.5) is 0 Å². The summed E-state index contributed by atoms with van der Waals surface area (Å²) in [5, 5.41) is 22.0. The average molecular weight is 385 g/mol. The quantitative estimate of drug-likeness (QED) is 0.482. The number of carbonyl (C=O) groups is 3. The fourth-order valence-corrected chi connectivity index (χ4v) is 3.19. The Morgan fingerprint density at radius 3 is 2.30 bits per heavy atom. The number of benzene rings is 2. The summed E-state index contributed by atoms with van der Waals surface area (Å²) < 4.78 is 0. The number of halogens is 1. The zero-order valence-corrected chi connectivity index (χ0v) is 14.8. The van der Waals surface area contributed by atoms with Crippen molar-refractivity contribution in [2.75, 3.05) is 6.54 Å². The third kappa shape index (κ3) is 3.71. The van der Waals surface area contributed by atoms with E-state index in [0.29, 0.717) is 16.1 Å². The van der Waals surface area contributed by atoms with Crippen LogP contribution in [0.5, 0.6) is 0 Å². The molecule has 3 rings (SSSR count). The molecule has 0 saturated carbocycles. The van der Waals surface area contributed by atoms with Gasteiger partial charge in [0, 0.05) is 29.5 Å². The molecule has 2 aromatic carbocycles. The molecule has 1 heterocycles. The molecule has 1 aliphatic heterocycles. The van der Waals surface area contributed by atoms with Crippen molar-refractivity contribution < 1.29 is 24.6 Å². The third-order valence-electron chi connectivity index (χ3n) is 4.33. The largest absolute Gasteiger partial charge is 0.550 e. The van der Waals surface area contributed by atoms with Crippen molar-refractivity contribution in [2.45, 2.75) is 12.5 Å². The van der Waals surface area contributed by atoms with Crippen molar-refractivity contribution in [3.05, 3.63) is 76.3 Å². The second kappa shape index (κ2) is 7.63. The molecule has 27 heavy (non-hydrogen) atoms. The van der Waals surface area contributed by atoms with Crippen molar-refractivity contribution in [2.24, 2.45) is 0 Å². The van der Waals surface area contributed by atoms with E-state index in [1.54, 1.807) is 54.6 Å². The molecule has 1 aliphatic rings. The van der Waals surface area contributed by atoms with Gasteiger partial charge in [-0.3, -0.25) is 9.59 Å². The lowest BCUT2D eigenvalue weighted by atomic mass is 9.95. The van der Waals surface area contributed by atoms with Gasteiger partial charge in [0.05, 0.1) is 11.6 Å². The zero-order chi connectivity index (χ0) is 19.6. The van der Waals surface area contributed by atoms with Crippen molar-refractivity contribution >= 4 is 35.0 Å². The molecule has 0 unspecified atom stereocenters. The van der Waals surface area contributed by atoms with E-state index >= 15 is 0 Å². The minimum absolute atomic E-state index is 0.0909. The highest BCUT2D eigenvalue weighted by atomic mass is 35.5. The maximum absolute atomic E-state index is 12.6. The summed E-state index contributed by atoms with van der Waals surface area (Å²) in [6.07, 6.45) is -0.428. The number of carboxylic acid groups (broad SMARTS) is 1. The number of nitrogens with zero attached hydrogens (tertiary/aromatic N) is 1. The van der Waals surface area contributed by atoms with E-state index in [9.17, 15) is 24.6 Å². The van der Waals surface area contributed by atoms with Crippen LogP contribution in [-0.4, -0.2) is 34.2 Å². The van der Waals surface area contributed by atoms with Crippen LogP contribution in [0.15, 0.2) is 60.2 Å². The Labute approximate surface area is 160 Å². The van der Waals surface area contributed by atoms with Gasteiger partial charge < -0.3 is 19.9 Å². The lowest BCUT2D eigenvalue weighted by molar-refractivity contribution is -0.305. The summed E-state index contributed by atoms with van der Waals surface area (Å²) >= 11 is 5.91. The summed E-state index contributed by atoms with van der Waals surface area (Å²) in [7, 11) is 0. The van der Waals surface area contributed by atoms with Gasteiger partial charge in [-0.15, -0.1) is 0 Å². The summed E-state index contributed by atoms with van der Waals surface area (Å²) in [6.45, 7) is -0.216. The molecule has 6 nitrogen and oxygen atoms in total.